The maximum Gasteiger partial charge on any atom is 0.429 e. The predicted molar refractivity (Wildman–Crippen MR) is 95.4 cm³/mol. The summed E-state index contributed by atoms with van der Waals surface area (Å²) in [5.41, 5.74) is 7.48. The predicted octanol–water partition coefficient (Wildman–Crippen LogP) is 5.43. The van der Waals surface area contributed by atoms with Gasteiger partial charge in [0, 0.05) is 11.6 Å². The smallest absolute Gasteiger partial charge is 0.429 e. The molecule has 0 amide bonds. The Bertz CT molecular complexity index is 909. The number of anilines is 1. The molecule has 2 N–H and O–H groups in total. The Morgan fingerprint density at radius 2 is 1.88 bits per heavy atom. The van der Waals surface area contributed by atoms with E-state index in [9.17, 15) is 13.2 Å². The lowest BCUT2D eigenvalue weighted by Gasteiger charge is -2.24. The number of benzene rings is 1. The molecule has 9 heteroatoms. The summed E-state index contributed by atoms with van der Waals surface area (Å²) in [5, 5.41) is 3.58. The maximum absolute atomic E-state index is 13.8. The van der Waals surface area contributed by atoms with Crippen molar-refractivity contribution in [3.63, 3.8) is 0 Å². The van der Waals surface area contributed by atoms with Gasteiger partial charge in [0.25, 0.3) is 0 Å². The van der Waals surface area contributed by atoms with Crippen LogP contribution in [-0.2, 0) is 0 Å². The standard InChI is InChI=1S/C17H13ClF3N3OS/c1-9-7-26-8-12(9)10-4-2-3-5-11(10)15(17(19,20)21)25-14-6-13(18)23-16(22)24-14/h2-8,15H,1H3,(H2,22,23,24). The minimum atomic E-state index is -4.67. The van der Waals surface area contributed by atoms with Crippen LogP contribution in [0.15, 0.2) is 41.1 Å². The number of nitrogen functional groups attached to an aromatic ring is 1. The monoisotopic (exact) mass is 399 g/mol. The van der Waals surface area contributed by atoms with E-state index < -0.39 is 12.3 Å². The average Bonchev–Trinajstić information content (AvgIpc) is 2.97. The molecule has 1 unspecified atom stereocenters. The van der Waals surface area contributed by atoms with Gasteiger partial charge < -0.3 is 10.5 Å². The van der Waals surface area contributed by atoms with Crippen molar-refractivity contribution in [2.24, 2.45) is 0 Å². The zero-order valence-corrected chi connectivity index (χ0v) is 15.0. The third-order valence-corrected chi connectivity index (χ3v) is 4.67. The van der Waals surface area contributed by atoms with E-state index in [1.807, 2.05) is 12.3 Å². The Labute approximate surface area is 156 Å². The molecule has 2 heterocycles. The van der Waals surface area contributed by atoms with Gasteiger partial charge in [0.15, 0.2) is 0 Å². The SMILES string of the molecule is Cc1cscc1-c1ccccc1C(Oc1cc(Cl)nc(N)n1)C(F)(F)F. The molecule has 0 bridgehead atoms. The summed E-state index contributed by atoms with van der Waals surface area (Å²) in [4.78, 5) is 7.30. The fourth-order valence-electron chi connectivity index (χ4n) is 2.51. The number of thiophene rings is 1. The third kappa shape index (κ3) is 3.91. The zero-order valence-electron chi connectivity index (χ0n) is 13.4. The Kier molecular flexibility index (Phi) is 5.06. The summed E-state index contributed by atoms with van der Waals surface area (Å²) in [5.74, 6) is -0.614. The summed E-state index contributed by atoms with van der Waals surface area (Å²) >= 11 is 7.16. The molecule has 1 atom stereocenters. The molecule has 0 spiro atoms. The van der Waals surface area contributed by atoms with E-state index >= 15 is 0 Å². The molecule has 0 fully saturated rings. The number of hydrogen-bond acceptors (Lipinski definition) is 5. The van der Waals surface area contributed by atoms with Crippen molar-refractivity contribution < 1.29 is 17.9 Å². The second kappa shape index (κ2) is 7.13. The third-order valence-electron chi connectivity index (χ3n) is 3.61. The normalized spacial score (nSPS) is 12.8. The van der Waals surface area contributed by atoms with Crippen LogP contribution in [0, 0.1) is 6.92 Å². The van der Waals surface area contributed by atoms with Crippen LogP contribution >= 0.6 is 22.9 Å². The second-order valence-electron chi connectivity index (χ2n) is 5.48. The first-order valence-corrected chi connectivity index (χ1v) is 8.73. The Hall–Kier alpha value is -2.32. The molecular weight excluding hydrogens is 387 g/mol. The molecule has 26 heavy (non-hydrogen) atoms. The first-order valence-electron chi connectivity index (χ1n) is 7.41. The van der Waals surface area contributed by atoms with Crippen LogP contribution in [0.4, 0.5) is 19.1 Å². The topological polar surface area (TPSA) is 61.0 Å². The number of aromatic nitrogens is 2. The van der Waals surface area contributed by atoms with Crippen molar-refractivity contribution in [3.05, 3.63) is 57.4 Å². The molecule has 0 aliphatic heterocycles. The van der Waals surface area contributed by atoms with Gasteiger partial charge in [-0.3, -0.25) is 0 Å². The highest BCUT2D eigenvalue weighted by Gasteiger charge is 2.44. The van der Waals surface area contributed by atoms with E-state index in [4.69, 9.17) is 22.1 Å². The number of ether oxygens (including phenoxy) is 1. The number of halogens is 4. The highest BCUT2D eigenvalue weighted by molar-refractivity contribution is 7.08. The van der Waals surface area contributed by atoms with E-state index in [1.54, 1.807) is 17.5 Å². The van der Waals surface area contributed by atoms with Gasteiger partial charge in [-0.05, 0) is 34.4 Å². The van der Waals surface area contributed by atoms with Gasteiger partial charge in [0.05, 0.1) is 0 Å². The van der Waals surface area contributed by atoms with Crippen LogP contribution in [0.1, 0.15) is 17.2 Å². The maximum atomic E-state index is 13.8. The lowest BCUT2D eigenvalue weighted by atomic mass is 9.95. The summed E-state index contributed by atoms with van der Waals surface area (Å²) in [6, 6.07) is 7.33. The van der Waals surface area contributed by atoms with E-state index in [-0.39, 0.29) is 22.5 Å². The molecule has 2 aromatic heterocycles. The molecule has 1 aromatic carbocycles. The highest BCUT2D eigenvalue weighted by atomic mass is 35.5. The van der Waals surface area contributed by atoms with Gasteiger partial charge in [0.2, 0.25) is 17.9 Å². The van der Waals surface area contributed by atoms with Gasteiger partial charge in [-0.1, -0.05) is 35.9 Å². The van der Waals surface area contributed by atoms with Gasteiger partial charge in [-0.25, -0.2) is 4.98 Å². The summed E-state index contributed by atoms with van der Waals surface area (Å²) in [6.07, 6.45) is -6.91. The number of nitrogens with two attached hydrogens (primary N) is 1. The largest absolute Gasteiger partial charge is 0.460 e. The summed E-state index contributed by atoms with van der Waals surface area (Å²) in [6.45, 7) is 1.84. The molecule has 4 nitrogen and oxygen atoms in total. The fraction of sp³-hybridized carbons (Fsp3) is 0.176. The van der Waals surface area contributed by atoms with Crippen LogP contribution in [-0.4, -0.2) is 16.1 Å². The van der Waals surface area contributed by atoms with Gasteiger partial charge in [0.1, 0.15) is 5.15 Å². The second-order valence-corrected chi connectivity index (χ2v) is 6.61. The number of aryl methyl sites for hydroxylation is 1. The molecule has 136 valence electrons. The van der Waals surface area contributed by atoms with Crippen molar-refractivity contribution in [2.45, 2.75) is 19.2 Å². The number of nitrogens with zero attached hydrogens (tertiary/aromatic N) is 2. The van der Waals surface area contributed by atoms with Crippen LogP contribution in [0.25, 0.3) is 11.1 Å². The molecule has 0 radical (unpaired) electrons. The van der Waals surface area contributed by atoms with Crippen molar-refractivity contribution in [2.75, 3.05) is 5.73 Å². The zero-order chi connectivity index (χ0) is 18.9. The molecule has 0 saturated carbocycles. The van der Waals surface area contributed by atoms with E-state index in [1.165, 1.54) is 23.5 Å². The molecular formula is C17H13ClF3N3OS. The average molecular weight is 400 g/mol. The minimum Gasteiger partial charge on any atom is -0.460 e. The highest BCUT2D eigenvalue weighted by Crippen LogP contribution is 2.42. The summed E-state index contributed by atoms with van der Waals surface area (Å²) < 4.78 is 46.5. The fourth-order valence-corrected chi connectivity index (χ4v) is 3.54. The first-order chi connectivity index (χ1) is 12.3. The number of alkyl halides is 3. The van der Waals surface area contributed by atoms with E-state index in [2.05, 4.69) is 9.97 Å². The lowest BCUT2D eigenvalue weighted by molar-refractivity contribution is -0.198. The van der Waals surface area contributed by atoms with Crippen LogP contribution in [0.2, 0.25) is 5.15 Å². The van der Waals surface area contributed by atoms with E-state index in [0.717, 1.165) is 17.2 Å². The number of hydrogen-bond donors (Lipinski definition) is 1. The van der Waals surface area contributed by atoms with Crippen molar-refractivity contribution in [1.29, 1.82) is 0 Å². The summed E-state index contributed by atoms with van der Waals surface area (Å²) in [7, 11) is 0. The lowest BCUT2D eigenvalue weighted by Crippen LogP contribution is -2.27. The van der Waals surface area contributed by atoms with Crippen molar-refractivity contribution in [3.8, 4) is 17.0 Å². The Morgan fingerprint density at radius 3 is 2.50 bits per heavy atom. The van der Waals surface area contributed by atoms with Crippen LogP contribution in [0.5, 0.6) is 5.88 Å². The molecule has 3 rings (SSSR count). The number of rotatable bonds is 4. The first kappa shape index (κ1) is 18.5. The van der Waals surface area contributed by atoms with Crippen molar-refractivity contribution in [1.82, 2.24) is 9.97 Å². The molecule has 0 aliphatic carbocycles. The van der Waals surface area contributed by atoms with Crippen LogP contribution < -0.4 is 10.5 Å². The van der Waals surface area contributed by atoms with Gasteiger partial charge >= 0.3 is 6.18 Å². The Morgan fingerprint density at radius 1 is 1.15 bits per heavy atom. The quantitative estimate of drug-likeness (QED) is 0.594. The Balaban J connectivity index is 2.09. The van der Waals surface area contributed by atoms with Crippen molar-refractivity contribution >= 4 is 28.9 Å². The minimum absolute atomic E-state index is 0.0187. The van der Waals surface area contributed by atoms with E-state index in [0.29, 0.717) is 5.56 Å². The molecule has 0 saturated heterocycles. The van der Waals surface area contributed by atoms with Crippen LogP contribution in [0.3, 0.4) is 0 Å². The molecule has 0 aliphatic rings. The van der Waals surface area contributed by atoms with Gasteiger partial charge in [-0.2, -0.15) is 29.5 Å². The molecule has 3 aromatic rings. The van der Waals surface area contributed by atoms with Gasteiger partial charge in [-0.15, -0.1) is 0 Å².